The molecule has 0 heterocycles. The highest BCUT2D eigenvalue weighted by Crippen LogP contribution is 2.38. The Hall–Kier alpha value is 0.01000. The fraction of sp³-hybridized carbons (Fsp3) is 0.647. The van der Waals surface area contributed by atoms with Crippen LogP contribution < -0.4 is 5.32 Å². The second-order valence-corrected chi connectivity index (χ2v) is 8.25. The van der Waals surface area contributed by atoms with Gasteiger partial charge in [0.2, 0.25) is 0 Å². The zero-order valence-electron chi connectivity index (χ0n) is 12.6. The number of benzene rings is 1. The molecule has 1 aromatic rings. The number of hydrogen-bond donors (Lipinski definition) is 1. The first-order valence-electron chi connectivity index (χ1n) is 7.66. The summed E-state index contributed by atoms with van der Waals surface area (Å²) in [6.45, 7) is 3.46. The van der Waals surface area contributed by atoms with Crippen LogP contribution in [0.3, 0.4) is 0 Å². The van der Waals surface area contributed by atoms with E-state index >= 15 is 0 Å². The van der Waals surface area contributed by atoms with Crippen LogP contribution in [0.25, 0.3) is 0 Å². The number of hydrogen-bond acceptors (Lipinski definition) is 2. The normalized spacial score (nSPS) is 19.8. The Morgan fingerprint density at radius 1 is 1.20 bits per heavy atom. The Labute approximate surface area is 136 Å². The summed E-state index contributed by atoms with van der Waals surface area (Å²) in [6.07, 6.45) is 10.4. The van der Waals surface area contributed by atoms with Gasteiger partial charge in [0.25, 0.3) is 0 Å². The maximum atomic E-state index is 3.77. The highest BCUT2D eigenvalue weighted by molar-refractivity contribution is 9.10. The first-order chi connectivity index (χ1) is 9.63. The number of nitrogens with one attached hydrogen (secondary N) is 1. The third kappa shape index (κ3) is 4.78. The molecule has 3 heteroatoms. The Morgan fingerprint density at radius 2 is 1.85 bits per heavy atom. The van der Waals surface area contributed by atoms with Gasteiger partial charge < -0.3 is 5.32 Å². The Morgan fingerprint density at radius 3 is 2.45 bits per heavy atom. The van der Waals surface area contributed by atoms with Crippen LogP contribution >= 0.6 is 27.7 Å². The van der Waals surface area contributed by atoms with Crippen LogP contribution in [0.15, 0.2) is 28.7 Å². The van der Waals surface area contributed by atoms with Gasteiger partial charge in [-0.15, -0.1) is 0 Å². The van der Waals surface area contributed by atoms with Crippen molar-refractivity contribution >= 4 is 27.7 Å². The molecule has 1 N–H and O–H groups in total. The highest BCUT2D eigenvalue weighted by atomic mass is 79.9. The minimum absolute atomic E-state index is 0.492. The number of halogens is 1. The summed E-state index contributed by atoms with van der Waals surface area (Å²) in [7, 11) is 0. The van der Waals surface area contributed by atoms with E-state index in [9.17, 15) is 0 Å². The van der Waals surface area contributed by atoms with Crippen molar-refractivity contribution in [1.29, 1.82) is 0 Å². The van der Waals surface area contributed by atoms with Gasteiger partial charge in [-0.05, 0) is 50.1 Å². The van der Waals surface area contributed by atoms with E-state index in [4.69, 9.17) is 0 Å². The van der Waals surface area contributed by atoms with Gasteiger partial charge in [-0.2, -0.15) is 11.8 Å². The molecule has 0 amide bonds. The number of thioether (sulfide) groups is 1. The Kier molecular flexibility index (Phi) is 6.44. The summed E-state index contributed by atoms with van der Waals surface area (Å²) in [6, 6.07) is 9.24. The molecule has 0 bridgehead atoms. The lowest BCUT2D eigenvalue weighted by atomic mass is 9.88. The van der Waals surface area contributed by atoms with Gasteiger partial charge in [0, 0.05) is 21.8 Å². The predicted molar refractivity (Wildman–Crippen MR) is 94.6 cm³/mol. The van der Waals surface area contributed by atoms with Crippen molar-refractivity contribution in [2.45, 2.75) is 56.2 Å². The SMILES string of the molecule is CSC1(CNC(C)Cc2ccc(Br)cc2)CCCCC1. The molecule has 1 fully saturated rings. The van der Waals surface area contributed by atoms with Crippen molar-refractivity contribution in [3.8, 4) is 0 Å². The van der Waals surface area contributed by atoms with E-state index in [0.29, 0.717) is 10.8 Å². The summed E-state index contributed by atoms with van der Waals surface area (Å²) in [5.41, 5.74) is 1.41. The zero-order valence-corrected chi connectivity index (χ0v) is 15.0. The molecule has 0 radical (unpaired) electrons. The van der Waals surface area contributed by atoms with Crippen molar-refractivity contribution < 1.29 is 0 Å². The smallest absolute Gasteiger partial charge is 0.0281 e. The van der Waals surface area contributed by atoms with Gasteiger partial charge in [0.1, 0.15) is 0 Å². The first-order valence-corrected chi connectivity index (χ1v) is 9.68. The van der Waals surface area contributed by atoms with E-state index in [2.05, 4.69) is 70.5 Å². The van der Waals surface area contributed by atoms with Gasteiger partial charge >= 0.3 is 0 Å². The number of rotatable bonds is 6. The second kappa shape index (κ2) is 7.86. The van der Waals surface area contributed by atoms with Crippen molar-refractivity contribution in [3.63, 3.8) is 0 Å². The fourth-order valence-electron chi connectivity index (χ4n) is 3.06. The molecule has 0 aromatic heterocycles. The van der Waals surface area contributed by atoms with Crippen LogP contribution in [0.4, 0.5) is 0 Å². The van der Waals surface area contributed by atoms with Crippen LogP contribution in [-0.2, 0) is 6.42 Å². The molecule has 0 saturated heterocycles. The minimum Gasteiger partial charge on any atom is -0.313 e. The lowest BCUT2D eigenvalue weighted by Gasteiger charge is -2.37. The van der Waals surface area contributed by atoms with E-state index in [-0.39, 0.29) is 0 Å². The van der Waals surface area contributed by atoms with E-state index < -0.39 is 0 Å². The van der Waals surface area contributed by atoms with Crippen molar-refractivity contribution in [2.24, 2.45) is 0 Å². The van der Waals surface area contributed by atoms with E-state index in [1.54, 1.807) is 0 Å². The van der Waals surface area contributed by atoms with Gasteiger partial charge in [0.15, 0.2) is 0 Å². The summed E-state index contributed by atoms with van der Waals surface area (Å²) in [5.74, 6) is 0. The average molecular weight is 356 g/mol. The van der Waals surface area contributed by atoms with Crippen LogP contribution in [0.2, 0.25) is 0 Å². The Balaban J connectivity index is 1.81. The van der Waals surface area contributed by atoms with Crippen LogP contribution in [0, 0.1) is 0 Å². The molecule has 1 aliphatic rings. The van der Waals surface area contributed by atoms with E-state index in [1.165, 1.54) is 37.7 Å². The van der Waals surface area contributed by atoms with Crippen LogP contribution in [0.5, 0.6) is 0 Å². The van der Waals surface area contributed by atoms with Gasteiger partial charge in [-0.1, -0.05) is 47.3 Å². The topological polar surface area (TPSA) is 12.0 Å². The summed E-state index contributed by atoms with van der Waals surface area (Å²) in [5, 5.41) is 3.77. The van der Waals surface area contributed by atoms with Gasteiger partial charge in [0.05, 0.1) is 0 Å². The maximum absolute atomic E-state index is 3.77. The molecule has 1 nitrogen and oxygen atoms in total. The zero-order chi connectivity index (χ0) is 14.4. The van der Waals surface area contributed by atoms with Crippen molar-refractivity contribution in [2.75, 3.05) is 12.8 Å². The van der Waals surface area contributed by atoms with Gasteiger partial charge in [-0.25, -0.2) is 0 Å². The largest absolute Gasteiger partial charge is 0.313 e. The summed E-state index contributed by atoms with van der Waals surface area (Å²) < 4.78 is 1.65. The van der Waals surface area contributed by atoms with Crippen LogP contribution in [-0.4, -0.2) is 23.6 Å². The quantitative estimate of drug-likeness (QED) is 0.767. The molecule has 112 valence electrons. The highest BCUT2D eigenvalue weighted by Gasteiger charge is 2.30. The molecule has 1 unspecified atom stereocenters. The van der Waals surface area contributed by atoms with E-state index in [0.717, 1.165) is 17.4 Å². The molecule has 20 heavy (non-hydrogen) atoms. The summed E-state index contributed by atoms with van der Waals surface area (Å²) in [4.78, 5) is 0. The first kappa shape index (κ1) is 16.4. The third-order valence-electron chi connectivity index (χ3n) is 4.43. The summed E-state index contributed by atoms with van der Waals surface area (Å²) >= 11 is 5.57. The molecule has 2 rings (SSSR count). The molecule has 0 spiro atoms. The molecule has 1 atom stereocenters. The van der Waals surface area contributed by atoms with Crippen molar-refractivity contribution in [1.82, 2.24) is 5.32 Å². The minimum atomic E-state index is 0.492. The van der Waals surface area contributed by atoms with Crippen molar-refractivity contribution in [3.05, 3.63) is 34.3 Å². The maximum Gasteiger partial charge on any atom is 0.0281 e. The third-order valence-corrected chi connectivity index (χ3v) is 6.37. The van der Waals surface area contributed by atoms with Crippen LogP contribution in [0.1, 0.15) is 44.6 Å². The molecule has 0 aliphatic heterocycles. The average Bonchev–Trinajstić information content (AvgIpc) is 2.49. The standard InChI is InChI=1S/C17H26BrNS/c1-14(12-15-6-8-16(18)9-7-15)19-13-17(20-2)10-4-3-5-11-17/h6-9,14,19H,3-5,10-13H2,1-2H3. The Bertz CT molecular complexity index is 398. The lowest BCUT2D eigenvalue weighted by Crippen LogP contribution is -2.43. The molecule has 1 saturated carbocycles. The molecule has 1 aromatic carbocycles. The fourth-order valence-corrected chi connectivity index (χ4v) is 4.24. The lowest BCUT2D eigenvalue weighted by molar-refractivity contribution is 0.365. The monoisotopic (exact) mass is 355 g/mol. The second-order valence-electron chi connectivity index (χ2n) is 6.06. The predicted octanol–water partition coefficient (Wildman–Crippen LogP) is 5.04. The molecular weight excluding hydrogens is 330 g/mol. The molecular formula is C17H26BrNS. The molecule has 1 aliphatic carbocycles. The van der Waals surface area contributed by atoms with E-state index in [1.807, 2.05) is 0 Å². The van der Waals surface area contributed by atoms with Gasteiger partial charge in [-0.3, -0.25) is 0 Å².